The molecular weight excluding hydrogens is 256 g/mol. The summed E-state index contributed by atoms with van der Waals surface area (Å²) in [5.74, 6) is -0.408. The number of hydrogen-bond acceptors (Lipinski definition) is 4. The standard InChI is InChI=1S/C13H11ClO4/c1-7-3-12-10(5-11(7)14)9(4-13(16)18-12)6-17-8(2)15/h3-5H,6H2,1-2H3. The number of carbonyl (C=O) groups excluding carboxylic acids is 1. The largest absolute Gasteiger partial charge is 0.461 e. The highest BCUT2D eigenvalue weighted by atomic mass is 35.5. The SMILES string of the molecule is CC(=O)OCc1cc(=O)oc2cc(C)c(Cl)cc12. The number of fused-ring (bicyclic) bond motifs is 1. The van der Waals surface area contributed by atoms with E-state index < -0.39 is 11.6 Å². The van der Waals surface area contributed by atoms with Gasteiger partial charge in [-0.3, -0.25) is 4.79 Å². The second-order valence-electron chi connectivity index (χ2n) is 3.97. The molecule has 0 aliphatic heterocycles. The molecule has 4 nitrogen and oxygen atoms in total. The monoisotopic (exact) mass is 266 g/mol. The molecule has 0 radical (unpaired) electrons. The van der Waals surface area contributed by atoms with Gasteiger partial charge in [-0.15, -0.1) is 0 Å². The third-order valence-electron chi connectivity index (χ3n) is 2.54. The van der Waals surface area contributed by atoms with E-state index in [-0.39, 0.29) is 6.61 Å². The minimum absolute atomic E-state index is 0.0246. The van der Waals surface area contributed by atoms with Gasteiger partial charge >= 0.3 is 11.6 Å². The van der Waals surface area contributed by atoms with Crippen molar-refractivity contribution in [1.82, 2.24) is 0 Å². The van der Waals surface area contributed by atoms with Gasteiger partial charge in [-0.1, -0.05) is 11.6 Å². The predicted octanol–water partition coefficient (Wildman–Crippen LogP) is 2.82. The number of aryl methyl sites for hydroxylation is 1. The lowest BCUT2D eigenvalue weighted by Crippen LogP contribution is -2.05. The van der Waals surface area contributed by atoms with Crippen LogP contribution in [0, 0.1) is 6.92 Å². The smallest absolute Gasteiger partial charge is 0.336 e. The predicted molar refractivity (Wildman–Crippen MR) is 67.7 cm³/mol. The van der Waals surface area contributed by atoms with Crippen LogP contribution in [0.5, 0.6) is 0 Å². The van der Waals surface area contributed by atoms with Crippen LogP contribution in [-0.4, -0.2) is 5.97 Å². The Kier molecular flexibility index (Phi) is 3.39. The van der Waals surface area contributed by atoms with Gasteiger partial charge in [0.05, 0.1) is 0 Å². The van der Waals surface area contributed by atoms with Gasteiger partial charge in [-0.2, -0.15) is 0 Å². The Balaban J connectivity index is 2.60. The lowest BCUT2D eigenvalue weighted by atomic mass is 10.1. The zero-order chi connectivity index (χ0) is 13.3. The maximum atomic E-state index is 11.4. The molecule has 0 spiro atoms. The van der Waals surface area contributed by atoms with Gasteiger partial charge in [0.25, 0.3) is 0 Å². The van der Waals surface area contributed by atoms with Crippen LogP contribution in [-0.2, 0) is 16.1 Å². The van der Waals surface area contributed by atoms with Crippen molar-refractivity contribution in [2.24, 2.45) is 0 Å². The number of carbonyl (C=O) groups is 1. The number of halogens is 1. The van der Waals surface area contributed by atoms with Crippen molar-refractivity contribution in [2.45, 2.75) is 20.5 Å². The Morgan fingerprint density at radius 2 is 2.11 bits per heavy atom. The topological polar surface area (TPSA) is 56.5 Å². The van der Waals surface area contributed by atoms with Gasteiger partial charge in [0, 0.05) is 29.0 Å². The lowest BCUT2D eigenvalue weighted by Gasteiger charge is -2.07. The molecule has 2 rings (SSSR count). The molecule has 0 saturated heterocycles. The van der Waals surface area contributed by atoms with Crippen molar-refractivity contribution in [3.8, 4) is 0 Å². The third-order valence-corrected chi connectivity index (χ3v) is 2.95. The first-order valence-electron chi connectivity index (χ1n) is 5.33. The van der Waals surface area contributed by atoms with Crippen molar-refractivity contribution in [1.29, 1.82) is 0 Å². The van der Waals surface area contributed by atoms with Crippen molar-refractivity contribution in [3.05, 3.63) is 44.8 Å². The zero-order valence-corrected chi connectivity index (χ0v) is 10.7. The van der Waals surface area contributed by atoms with Crippen LogP contribution in [0.1, 0.15) is 18.1 Å². The maximum Gasteiger partial charge on any atom is 0.336 e. The first-order chi connectivity index (χ1) is 8.47. The molecule has 0 fully saturated rings. The molecule has 0 saturated carbocycles. The fraction of sp³-hybridized carbons (Fsp3) is 0.231. The molecule has 0 aliphatic carbocycles. The van der Waals surface area contributed by atoms with E-state index in [9.17, 15) is 9.59 Å². The molecule has 0 bridgehead atoms. The molecule has 0 unspecified atom stereocenters. The van der Waals surface area contributed by atoms with E-state index in [0.29, 0.717) is 21.6 Å². The Labute approximate surface area is 108 Å². The molecular formula is C13H11ClO4. The fourth-order valence-electron chi connectivity index (χ4n) is 1.65. The number of esters is 1. The molecule has 5 heteroatoms. The molecule has 2 aromatic rings. The third kappa shape index (κ3) is 2.54. The molecule has 1 heterocycles. The van der Waals surface area contributed by atoms with Gasteiger partial charge in [0.15, 0.2) is 0 Å². The summed E-state index contributed by atoms with van der Waals surface area (Å²) in [5, 5.41) is 1.24. The average Bonchev–Trinajstić information content (AvgIpc) is 2.28. The highest BCUT2D eigenvalue weighted by Crippen LogP contribution is 2.25. The van der Waals surface area contributed by atoms with E-state index in [0.717, 1.165) is 5.56 Å². The highest BCUT2D eigenvalue weighted by Gasteiger charge is 2.09. The molecule has 94 valence electrons. The molecule has 0 amide bonds. The van der Waals surface area contributed by atoms with Gasteiger partial charge in [-0.25, -0.2) is 4.79 Å². The Morgan fingerprint density at radius 1 is 1.39 bits per heavy atom. The summed E-state index contributed by atoms with van der Waals surface area (Å²) < 4.78 is 9.99. The Morgan fingerprint density at radius 3 is 2.78 bits per heavy atom. The maximum absolute atomic E-state index is 11.4. The van der Waals surface area contributed by atoms with Crippen molar-refractivity contribution in [2.75, 3.05) is 0 Å². The minimum atomic E-state index is -0.480. The fourth-order valence-corrected chi connectivity index (χ4v) is 1.81. The molecule has 1 aromatic heterocycles. The normalized spacial score (nSPS) is 10.6. The zero-order valence-electron chi connectivity index (χ0n) is 9.95. The first kappa shape index (κ1) is 12.6. The van der Waals surface area contributed by atoms with Crippen LogP contribution in [0.4, 0.5) is 0 Å². The van der Waals surface area contributed by atoms with Gasteiger partial charge in [0.2, 0.25) is 0 Å². The van der Waals surface area contributed by atoms with Crippen molar-refractivity contribution < 1.29 is 13.9 Å². The Bertz CT molecular complexity index is 672. The van der Waals surface area contributed by atoms with Crippen LogP contribution >= 0.6 is 11.6 Å². The summed E-state index contributed by atoms with van der Waals surface area (Å²) in [4.78, 5) is 22.2. The minimum Gasteiger partial charge on any atom is -0.461 e. The van der Waals surface area contributed by atoms with Gasteiger partial charge in [0.1, 0.15) is 12.2 Å². The summed E-state index contributed by atoms with van der Waals surface area (Å²) in [6.45, 7) is 3.15. The van der Waals surface area contributed by atoms with E-state index in [1.807, 2.05) is 6.92 Å². The average molecular weight is 267 g/mol. The lowest BCUT2D eigenvalue weighted by molar-refractivity contribution is -0.142. The Hall–Kier alpha value is -1.81. The first-order valence-corrected chi connectivity index (χ1v) is 5.71. The number of ether oxygens (including phenoxy) is 1. The highest BCUT2D eigenvalue weighted by molar-refractivity contribution is 6.32. The summed E-state index contributed by atoms with van der Waals surface area (Å²) in [7, 11) is 0. The number of benzene rings is 1. The molecule has 1 aromatic carbocycles. The van der Waals surface area contributed by atoms with E-state index in [4.69, 9.17) is 20.8 Å². The van der Waals surface area contributed by atoms with E-state index in [1.54, 1.807) is 12.1 Å². The van der Waals surface area contributed by atoms with Crippen LogP contribution in [0.2, 0.25) is 5.02 Å². The van der Waals surface area contributed by atoms with Crippen LogP contribution in [0.3, 0.4) is 0 Å². The van der Waals surface area contributed by atoms with Crippen molar-refractivity contribution in [3.63, 3.8) is 0 Å². The summed E-state index contributed by atoms with van der Waals surface area (Å²) in [6.07, 6.45) is 0. The summed E-state index contributed by atoms with van der Waals surface area (Å²) in [5.41, 5.74) is 1.35. The van der Waals surface area contributed by atoms with E-state index in [2.05, 4.69) is 0 Å². The number of rotatable bonds is 2. The van der Waals surface area contributed by atoms with Crippen LogP contribution in [0.15, 0.2) is 27.4 Å². The van der Waals surface area contributed by atoms with Crippen molar-refractivity contribution >= 4 is 28.5 Å². The molecule has 18 heavy (non-hydrogen) atoms. The second kappa shape index (κ2) is 4.82. The molecule has 0 atom stereocenters. The quantitative estimate of drug-likeness (QED) is 0.619. The second-order valence-corrected chi connectivity index (χ2v) is 4.38. The van der Waals surface area contributed by atoms with Gasteiger partial charge < -0.3 is 9.15 Å². The van der Waals surface area contributed by atoms with Crippen LogP contribution in [0.25, 0.3) is 11.0 Å². The van der Waals surface area contributed by atoms with Gasteiger partial charge in [-0.05, 0) is 24.6 Å². The van der Waals surface area contributed by atoms with E-state index >= 15 is 0 Å². The van der Waals surface area contributed by atoms with Crippen LogP contribution < -0.4 is 5.63 Å². The summed E-state index contributed by atoms with van der Waals surface area (Å²) >= 11 is 6.03. The van der Waals surface area contributed by atoms with E-state index in [1.165, 1.54) is 13.0 Å². The number of hydrogen-bond donors (Lipinski definition) is 0. The summed E-state index contributed by atoms with van der Waals surface area (Å²) in [6, 6.07) is 4.70. The molecule has 0 N–H and O–H groups in total. The molecule has 0 aliphatic rings.